The topological polar surface area (TPSA) is 0 Å². The Morgan fingerprint density at radius 3 is 1.08 bits per heavy atom. The van der Waals surface area contributed by atoms with Crippen LogP contribution in [0.25, 0.3) is 0 Å². The Morgan fingerprint density at radius 1 is 0.846 bits per heavy atom. The molecule has 0 bridgehead atoms. The number of hydrogen-bond donors (Lipinski definition) is 0. The second-order valence-corrected chi connectivity index (χ2v) is 5.52. The van der Waals surface area contributed by atoms with Crippen LogP contribution in [0.5, 0.6) is 0 Å². The minimum Gasteiger partial charge on any atom is -1.00 e. The summed E-state index contributed by atoms with van der Waals surface area (Å²) in [7, 11) is 0. The Bertz CT molecular complexity index is 123. The average molecular weight is 1080 g/mol. The van der Waals surface area contributed by atoms with Gasteiger partial charge in [0.05, 0.1) is 0 Å². The van der Waals surface area contributed by atoms with Gasteiger partial charge in [0, 0.05) is 0 Å². The van der Waals surface area contributed by atoms with E-state index in [1.807, 2.05) is 12.2 Å². The van der Waals surface area contributed by atoms with Gasteiger partial charge in [-0.15, -0.1) is 0 Å². The first kappa shape index (κ1) is 30.3. The van der Waals surface area contributed by atoms with E-state index in [2.05, 4.69) is 15.0 Å². The van der Waals surface area contributed by atoms with Gasteiger partial charge in [0.1, 0.15) is 0 Å². The van der Waals surface area contributed by atoms with Crippen molar-refractivity contribution >= 4 is 105 Å². The van der Waals surface area contributed by atoms with Gasteiger partial charge < -0.3 is 24.8 Å². The summed E-state index contributed by atoms with van der Waals surface area (Å²) in [5.74, 6) is 0. The zero-order valence-corrected chi connectivity index (χ0v) is 25.2. The van der Waals surface area contributed by atoms with E-state index in [-0.39, 0.29) is 51.0 Å². The predicted octanol–water partition coefficient (Wildman–Crippen LogP) is -7.50. The fraction of sp³-hybridized carbons (Fsp3) is 0. The Kier molecular flexibility index (Phi) is 83.9. The molecule has 0 amide bonds. The number of rotatable bonds is 2. The first-order chi connectivity index (χ1) is 4.83. The van der Waals surface area contributed by atoms with Gasteiger partial charge >= 0.3 is 151 Å². The van der Waals surface area contributed by atoms with Crippen LogP contribution in [-0.2, 0) is 26.2 Å². The Balaban J connectivity index is -0.0000000267. The van der Waals surface area contributed by atoms with Crippen LogP contribution in [0, 0.1) is 0 Å². The van der Waals surface area contributed by atoms with Gasteiger partial charge in [-0.25, -0.2) is 0 Å². The van der Waals surface area contributed by atoms with Crippen LogP contribution in [0.3, 0.4) is 0 Å². The first-order valence-corrected chi connectivity index (χ1v) is 10.2. The average Bonchev–Trinajstić information content (AvgIpc) is 1.93. The van der Waals surface area contributed by atoms with Gasteiger partial charge in [-0.05, 0) is 0 Å². The minimum absolute atomic E-state index is 0. The normalized spacial score (nSPS) is 6.92. The molecule has 0 saturated heterocycles. The van der Waals surface area contributed by atoms with Gasteiger partial charge in [-0.1, -0.05) is 0 Å². The van der Waals surface area contributed by atoms with Crippen molar-refractivity contribution in [2.24, 2.45) is 0 Å². The van der Waals surface area contributed by atoms with Crippen molar-refractivity contribution in [2.75, 3.05) is 0 Å². The second kappa shape index (κ2) is 36.0. The van der Waals surface area contributed by atoms with Crippen LogP contribution < -0.4 is 24.8 Å². The Morgan fingerprint density at radius 2 is 1.08 bits per heavy atom. The molecular weight excluding hydrogens is 1070 g/mol. The molecule has 0 aliphatic heterocycles. The van der Waals surface area contributed by atoms with E-state index in [4.69, 9.17) is 0 Å². The molecule has 0 N–H and O–H groups in total. The monoisotopic (exact) mass is 1070 g/mol. The van der Waals surface area contributed by atoms with E-state index in [1.165, 1.54) is 97.9 Å². The van der Waals surface area contributed by atoms with Crippen molar-refractivity contribution < 1.29 is 51.0 Å². The molecule has 0 aromatic carbocycles. The number of halogens is 2. The van der Waals surface area contributed by atoms with E-state index in [0.29, 0.717) is 0 Å². The molecule has 0 spiro atoms. The fourth-order valence-corrected chi connectivity index (χ4v) is 5.74. The van der Waals surface area contributed by atoms with E-state index < -0.39 is 0 Å². The first-order valence-electron chi connectivity index (χ1n) is 2.27. The SMILES string of the molecule is [Bi]=[C-]C=[CH][BiH].[Bi]=[C-]C=[CH][BiH].[Cl-].[Cl-].[Zr+4]. The van der Waals surface area contributed by atoms with Crippen molar-refractivity contribution in [2.45, 2.75) is 0 Å². The summed E-state index contributed by atoms with van der Waals surface area (Å²) < 4.78 is 10.2. The van der Waals surface area contributed by atoms with Crippen molar-refractivity contribution in [1.82, 2.24) is 0 Å². The smallest absolute Gasteiger partial charge is 1.00 e. The van der Waals surface area contributed by atoms with Crippen molar-refractivity contribution in [3.8, 4) is 0 Å². The molecule has 0 heterocycles. The minimum atomic E-state index is 0. The van der Waals surface area contributed by atoms with Crippen molar-refractivity contribution in [1.29, 1.82) is 0 Å². The molecular formula is C6H6Bi4Cl2Zr. The van der Waals surface area contributed by atoms with E-state index >= 15 is 0 Å². The number of hydrogen-bond acceptors (Lipinski definition) is 0. The van der Waals surface area contributed by atoms with Gasteiger partial charge in [0.25, 0.3) is 0 Å². The molecule has 0 aliphatic rings. The third-order valence-electron chi connectivity index (χ3n) is 0.316. The molecule has 0 nitrogen and oxygen atoms in total. The largest absolute Gasteiger partial charge is 4.00 e. The molecule has 4 radical (unpaired) electrons. The zero-order valence-electron chi connectivity index (χ0n) is 6.46. The second-order valence-electron chi connectivity index (χ2n) is 0.925. The van der Waals surface area contributed by atoms with E-state index in [1.54, 1.807) is 0 Å². The fourth-order valence-electron chi connectivity index (χ4n) is 0.0745. The molecule has 0 saturated carbocycles. The predicted molar refractivity (Wildman–Crippen MR) is 54.1 cm³/mol. The van der Waals surface area contributed by atoms with Gasteiger partial charge in [0.15, 0.2) is 0 Å². The maximum atomic E-state index is 2.98. The summed E-state index contributed by atoms with van der Waals surface area (Å²) in [6, 6.07) is 0. The van der Waals surface area contributed by atoms with Crippen LogP contribution in [0.1, 0.15) is 0 Å². The third kappa shape index (κ3) is 48.5. The van der Waals surface area contributed by atoms with Crippen LogP contribution in [0.2, 0.25) is 0 Å². The molecule has 68 valence electrons. The van der Waals surface area contributed by atoms with Gasteiger partial charge in [-0.2, -0.15) is 0 Å². The van der Waals surface area contributed by atoms with Crippen LogP contribution in [0.4, 0.5) is 0 Å². The summed E-state index contributed by atoms with van der Waals surface area (Å²) in [5, 5.41) is 0. The summed E-state index contributed by atoms with van der Waals surface area (Å²) in [6.07, 6.45) is 3.97. The molecule has 0 atom stereocenters. The van der Waals surface area contributed by atoms with Gasteiger partial charge in [-0.3, -0.25) is 0 Å². The summed E-state index contributed by atoms with van der Waals surface area (Å²) in [6.45, 7) is 0. The molecule has 0 aromatic heterocycles. The molecule has 0 fully saturated rings. The van der Waals surface area contributed by atoms with Crippen LogP contribution >= 0.6 is 0 Å². The van der Waals surface area contributed by atoms with Crippen molar-refractivity contribution in [3.63, 3.8) is 0 Å². The maximum Gasteiger partial charge on any atom is 4.00 e. The molecule has 0 aromatic rings. The van der Waals surface area contributed by atoms with Gasteiger partial charge in [0.2, 0.25) is 0 Å². The van der Waals surface area contributed by atoms with Crippen LogP contribution in [0.15, 0.2) is 19.7 Å². The Hall–Kier alpha value is 4.22. The van der Waals surface area contributed by atoms with Crippen LogP contribution in [-0.4, -0.2) is 105 Å². The molecule has 0 aliphatic carbocycles. The van der Waals surface area contributed by atoms with Crippen molar-refractivity contribution in [3.05, 3.63) is 19.7 Å². The molecule has 0 rings (SSSR count). The third-order valence-corrected chi connectivity index (χ3v) is 2.77. The summed E-state index contributed by atoms with van der Waals surface area (Å²) >= 11 is 4.84. The molecule has 7 heteroatoms. The summed E-state index contributed by atoms with van der Waals surface area (Å²) in [5.41, 5.74) is 0. The standard InChI is InChI=1S/2C3H2.4Bi.2ClH.Zr.2H/c2*1-3-2;;;;;;;;;/h2*1,3H;;;;;2*1H;;;/q2*-1;;;;;;;+4;;/p-2. The quantitative estimate of drug-likeness (QED) is 0.191. The summed E-state index contributed by atoms with van der Waals surface area (Å²) in [4.78, 5) is 0. The Labute approximate surface area is 172 Å². The number of allylic oxidation sites excluding steroid dienone is 2. The van der Waals surface area contributed by atoms with E-state index in [0.717, 1.165) is 0 Å². The maximum absolute atomic E-state index is 2.98. The molecule has 13 heavy (non-hydrogen) atoms. The zero-order chi connectivity index (χ0) is 8.24. The van der Waals surface area contributed by atoms with E-state index in [9.17, 15) is 0 Å². The molecule has 0 unspecified atom stereocenters.